The van der Waals surface area contributed by atoms with E-state index in [1.165, 1.54) is 0 Å². The van der Waals surface area contributed by atoms with Crippen LogP contribution in [0.25, 0.3) is 0 Å². The molecular weight excluding hydrogens is 468 g/mol. The largest absolute Gasteiger partial charge is 2.00 e. The minimum atomic E-state index is -1.54. The van der Waals surface area contributed by atoms with Gasteiger partial charge in [-0.05, 0) is 6.42 Å². The van der Waals surface area contributed by atoms with Crippen LogP contribution < -0.4 is 80.0 Å². The molecule has 0 radical (unpaired) electrons. The fraction of sp³-hybridized carbons (Fsp3) is 0.714. The summed E-state index contributed by atoms with van der Waals surface area (Å²) < 4.78 is 0. The molecule has 0 aliphatic rings. The molecule has 138 valence electrons. The first-order valence-corrected chi connectivity index (χ1v) is 8.51. The van der Waals surface area contributed by atoms with E-state index in [2.05, 4.69) is 5.32 Å². The van der Waals surface area contributed by atoms with Gasteiger partial charge in [0.15, 0.2) is 0 Å². The predicted molar refractivity (Wildman–Crippen MR) is 86.0 cm³/mol. The van der Waals surface area contributed by atoms with Crippen LogP contribution in [0.15, 0.2) is 0 Å². The van der Waals surface area contributed by atoms with Gasteiger partial charge in [0.25, 0.3) is 0 Å². The van der Waals surface area contributed by atoms with E-state index in [0.717, 1.165) is 19.3 Å². The van der Waals surface area contributed by atoms with E-state index in [1.54, 1.807) is 0 Å². The maximum absolute atomic E-state index is 11.8. The van der Waals surface area contributed by atoms with Crippen LogP contribution in [0.5, 0.6) is 0 Å². The molecule has 0 heterocycles. The minimum Gasteiger partial charge on any atom is -0.793 e. The van der Waals surface area contributed by atoms with Crippen molar-refractivity contribution in [1.82, 2.24) is 10.6 Å². The number of unbranched alkanes of at least 4 members (excludes halogenated alkanes) is 1. The van der Waals surface area contributed by atoms with Crippen LogP contribution in [-0.4, -0.2) is 47.3 Å². The molecule has 0 bridgehead atoms. The predicted octanol–water partition coefficient (Wildman–Crippen LogP) is -9.10. The molecule has 0 saturated heterocycles. The number of amides is 2. The van der Waals surface area contributed by atoms with Gasteiger partial charge in [-0.25, -0.2) is 0 Å². The van der Waals surface area contributed by atoms with E-state index < -0.39 is 42.8 Å². The van der Waals surface area contributed by atoms with Gasteiger partial charge < -0.3 is 55.7 Å². The van der Waals surface area contributed by atoms with Crippen LogP contribution in [0, 0.1) is 0 Å². The smallest absolute Gasteiger partial charge is 0.793 e. The quantitative estimate of drug-likeness (QED) is 0.148. The van der Waals surface area contributed by atoms with E-state index in [0.29, 0.717) is 12.2 Å². The van der Waals surface area contributed by atoms with Gasteiger partial charge in [0.05, 0.1) is 12.5 Å². The van der Waals surface area contributed by atoms with E-state index in [1.807, 2.05) is 5.32 Å². The Hall–Kier alpha value is 1.20. The molecule has 8 nitrogen and oxygen atoms in total. The van der Waals surface area contributed by atoms with Crippen molar-refractivity contribution in [1.29, 1.82) is 0 Å². The summed E-state index contributed by atoms with van der Waals surface area (Å²) in [6.45, 7) is -0.776. The third kappa shape index (κ3) is 21.7. The molecule has 0 aliphatic heterocycles. The number of carboxylic acid groups (broad SMARTS) is 2. The van der Waals surface area contributed by atoms with Crippen molar-refractivity contribution in [2.75, 3.05) is 12.3 Å². The van der Waals surface area contributed by atoms with Gasteiger partial charge in [0.1, 0.15) is 6.04 Å². The fourth-order valence-electron chi connectivity index (χ4n) is 1.86. The molecule has 0 aliphatic carbocycles. The Labute approximate surface area is 227 Å². The van der Waals surface area contributed by atoms with Gasteiger partial charge in [-0.1, -0.05) is 19.3 Å². The molecule has 0 spiro atoms. The number of carbonyl (C=O) groups excluding carboxylic acids is 4. The number of carbonyl (C=O) groups is 4. The van der Waals surface area contributed by atoms with Gasteiger partial charge in [-0.3, -0.25) is 9.59 Å². The molecule has 0 aromatic carbocycles. The van der Waals surface area contributed by atoms with Gasteiger partial charge >= 0.3 is 78.6 Å². The van der Waals surface area contributed by atoms with Crippen molar-refractivity contribution in [3.05, 3.63) is 0 Å². The summed E-state index contributed by atoms with van der Waals surface area (Å²) >= 11 is 10.0. The molecule has 0 aromatic rings. The summed E-state index contributed by atoms with van der Waals surface area (Å²) in [6, 6.07) is -1.39. The Morgan fingerprint density at radius 3 is 2.04 bits per heavy atom. The van der Waals surface area contributed by atoms with Crippen molar-refractivity contribution in [3.63, 3.8) is 0 Å². The number of aliphatic carboxylic acids is 2. The Morgan fingerprint density at radius 1 is 0.963 bits per heavy atom. The number of hydrogen-bond acceptors (Lipinski definition) is 8. The van der Waals surface area contributed by atoms with E-state index >= 15 is 0 Å². The number of rotatable bonds is 13. The van der Waals surface area contributed by atoms with Gasteiger partial charge in [0.2, 0.25) is 11.8 Å². The van der Waals surface area contributed by atoms with E-state index in [-0.39, 0.29) is 90.3 Å². The van der Waals surface area contributed by atoms with E-state index in [4.69, 9.17) is 25.3 Å². The summed E-state index contributed by atoms with van der Waals surface area (Å²) in [5.74, 6) is -3.90. The van der Waals surface area contributed by atoms with Crippen LogP contribution in [0.2, 0.25) is 0 Å². The molecule has 2 amide bonds. The number of hydrogen-bond donors (Lipinski definition) is 2. The molecule has 2 atom stereocenters. The zero-order valence-electron chi connectivity index (χ0n) is 15.8. The van der Waals surface area contributed by atoms with Crippen molar-refractivity contribution >= 4 is 49.0 Å². The number of nitrogens with one attached hydrogen (secondary N) is 2. The molecule has 2 unspecified atom stereocenters. The van der Waals surface area contributed by atoms with E-state index in [9.17, 15) is 29.4 Å². The Bertz CT molecular complexity index is 463. The molecular formula is C14H20N2Na2O6S2Zn. The second-order valence-electron chi connectivity index (χ2n) is 5.15. The van der Waals surface area contributed by atoms with Crippen LogP contribution in [0.4, 0.5) is 0 Å². The molecule has 0 aromatic heterocycles. The van der Waals surface area contributed by atoms with Gasteiger partial charge in [0, 0.05) is 18.8 Å². The minimum absolute atomic E-state index is 0. The van der Waals surface area contributed by atoms with Gasteiger partial charge in [-0.15, -0.1) is 0 Å². The molecule has 2 N–H and O–H groups in total. The van der Waals surface area contributed by atoms with Crippen molar-refractivity contribution < 1.29 is 108 Å². The standard InChI is InChI=1S/C14H24N2O6S2.2Na.Zn/c17-11(4-2-1-3-9(24)5-6-23)16-10(7-12(18)19)14(22)15-8-13(20)21;;;/h9-10,23-24H,1-8H2,(H,15,22)(H,16,17)(H,18,19)(H,20,21);;;/q;2*+1;+2/p-4. The molecule has 13 heteroatoms. The third-order valence-electron chi connectivity index (χ3n) is 3.05. The van der Waals surface area contributed by atoms with Crippen LogP contribution >= 0.6 is 0 Å². The molecule has 27 heavy (non-hydrogen) atoms. The number of carboxylic acids is 2. The summed E-state index contributed by atoms with van der Waals surface area (Å²) in [6.07, 6.45) is 2.13. The maximum atomic E-state index is 11.8. The Kier molecular flexibility index (Phi) is 28.9. The second kappa shape index (κ2) is 21.9. The van der Waals surface area contributed by atoms with Crippen molar-refractivity contribution in [2.45, 2.75) is 49.8 Å². The third-order valence-corrected chi connectivity index (χ3v) is 3.76. The van der Waals surface area contributed by atoms with Crippen molar-refractivity contribution in [2.24, 2.45) is 0 Å². The Balaban J connectivity index is -0.000000882. The summed E-state index contributed by atoms with van der Waals surface area (Å²) in [5.41, 5.74) is 0. The van der Waals surface area contributed by atoms with Crippen LogP contribution in [0.1, 0.15) is 38.5 Å². The Morgan fingerprint density at radius 2 is 1.56 bits per heavy atom. The average Bonchev–Trinajstić information content (AvgIpc) is 2.48. The zero-order valence-corrected chi connectivity index (χ0v) is 24.4. The second-order valence-corrected chi connectivity index (χ2v) is 6.22. The summed E-state index contributed by atoms with van der Waals surface area (Å²) in [4.78, 5) is 44.4. The van der Waals surface area contributed by atoms with Crippen LogP contribution in [-0.2, 0) is 63.9 Å². The average molecular weight is 488 g/mol. The zero-order chi connectivity index (χ0) is 18.5. The molecule has 0 saturated carbocycles. The SMILES string of the molecule is O=C([O-])CNC(=O)C(CC(=O)[O-])NC(=O)CCCCC([S-])CC[S-].[Na+].[Na+].[Zn+2]. The normalized spacial score (nSPS) is 11.5. The van der Waals surface area contributed by atoms with Crippen LogP contribution in [0.3, 0.4) is 0 Å². The maximum Gasteiger partial charge on any atom is 2.00 e. The van der Waals surface area contributed by atoms with Gasteiger partial charge in [-0.2, -0.15) is 11.0 Å². The molecule has 0 rings (SSSR count). The molecule has 0 fully saturated rings. The topological polar surface area (TPSA) is 138 Å². The van der Waals surface area contributed by atoms with Crippen molar-refractivity contribution in [3.8, 4) is 0 Å². The monoisotopic (exact) mass is 486 g/mol. The first-order chi connectivity index (χ1) is 11.3. The first kappa shape index (κ1) is 35.6. The fourth-order valence-corrected chi connectivity index (χ4v) is 2.58. The first-order valence-electron chi connectivity index (χ1n) is 7.47. The summed E-state index contributed by atoms with van der Waals surface area (Å²) in [5, 5.41) is 25.2. The summed E-state index contributed by atoms with van der Waals surface area (Å²) in [7, 11) is 0.